The molecule has 0 atom stereocenters. The van der Waals surface area contributed by atoms with E-state index in [-0.39, 0.29) is 17.4 Å². The van der Waals surface area contributed by atoms with Gasteiger partial charge in [-0.15, -0.1) is 0 Å². The van der Waals surface area contributed by atoms with Crippen molar-refractivity contribution in [3.8, 4) is 33.9 Å². The van der Waals surface area contributed by atoms with Gasteiger partial charge in [-0.2, -0.15) is 0 Å². The predicted octanol–water partition coefficient (Wildman–Crippen LogP) is 8.67. The molecular weight excluding hydrogens is 682 g/mol. The molecule has 8 nitrogen and oxygen atoms in total. The molecule has 1 N–H and O–H groups in total. The van der Waals surface area contributed by atoms with Gasteiger partial charge in [0.25, 0.3) is 5.91 Å². The molecule has 1 fully saturated rings. The Hall–Kier alpha value is -5.77. The van der Waals surface area contributed by atoms with Crippen LogP contribution in [0.4, 0.5) is 4.39 Å². The summed E-state index contributed by atoms with van der Waals surface area (Å²) in [5, 5.41) is 7.26. The van der Waals surface area contributed by atoms with Crippen molar-refractivity contribution in [2.24, 2.45) is 0 Å². The monoisotopic (exact) mass is 725 g/mol. The topological polar surface area (TPSA) is 86.1 Å². The minimum absolute atomic E-state index is 0.194. The third-order valence-electron chi connectivity index (χ3n) is 9.47. The molecule has 9 heteroatoms. The molecule has 1 aliphatic rings. The smallest absolute Gasteiger partial charge is 0.274 e. The lowest BCUT2D eigenvalue weighted by molar-refractivity contribution is 0.0342. The summed E-state index contributed by atoms with van der Waals surface area (Å²) < 4.78 is 38.6. The number of aryl methyl sites for hydroxylation is 2. The maximum absolute atomic E-state index is 13.8. The molecular formula is C45H44FN3O5. The van der Waals surface area contributed by atoms with E-state index in [9.17, 15) is 9.18 Å². The van der Waals surface area contributed by atoms with Crippen molar-refractivity contribution in [1.29, 1.82) is 0 Å². The fraction of sp³-hybridized carbons (Fsp3) is 0.244. The fourth-order valence-electron chi connectivity index (χ4n) is 6.57. The second-order valence-electron chi connectivity index (χ2n) is 13.3. The highest BCUT2D eigenvalue weighted by atomic mass is 19.1. The van der Waals surface area contributed by atoms with Crippen LogP contribution in [-0.4, -0.2) is 48.8 Å². The van der Waals surface area contributed by atoms with Crippen LogP contribution in [0.2, 0.25) is 0 Å². The SMILES string of the molecule is CCNC(=O)c1noc(-c2cc(CCc3ccc(F)cc3)c(OCc3ccccc3)cc2OCc2ccccc2)c1-c1ccc(CN2CCOCC2)cc1. The number of ether oxygens (including phenoxy) is 3. The number of morpholine rings is 1. The highest BCUT2D eigenvalue weighted by Crippen LogP contribution is 2.43. The van der Waals surface area contributed by atoms with Gasteiger partial charge in [0, 0.05) is 32.2 Å². The zero-order valence-corrected chi connectivity index (χ0v) is 30.4. The largest absolute Gasteiger partial charge is 0.488 e. The lowest BCUT2D eigenvalue weighted by Crippen LogP contribution is -2.35. The second-order valence-corrected chi connectivity index (χ2v) is 13.3. The van der Waals surface area contributed by atoms with Gasteiger partial charge >= 0.3 is 0 Å². The minimum atomic E-state index is -0.328. The van der Waals surface area contributed by atoms with Gasteiger partial charge in [0.2, 0.25) is 0 Å². The Labute approximate surface area is 315 Å². The second kappa shape index (κ2) is 17.8. The summed E-state index contributed by atoms with van der Waals surface area (Å²) in [5.74, 6) is 0.994. The van der Waals surface area contributed by atoms with Crippen LogP contribution < -0.4 is 14.8 Å². The van der Waals surface area contributed by atoms with E-state index in [0.717, 1.165) is 66.2 Å². The fourth-order valence-corrected chi connectivity index (χ4v) is 6.57. The van der Waals surface area contributed by atoms with Crippen molar-refractivity contribution in [3.05, 3.63) is 161 Å². The molecule has 1 aromatic heterocycles. The first-order valence-electron chi connectivity index (χ1n) is 18.5. The van der Waals surface area contributed by atoms with Crippen LogP contribution in [0.25, 0.3) is 22.5 Å². The van der Waals surface area contributed by atoms with Gasteiger partial charge in [0.1, 0.15) is 30.5 Å². The van der Waals surface area contributed by atoms with Crippen LogP contribution in [0.15, 0.2) is 126 Å². The number of carbonyl (C=O) groups excluding carboxylic acids is 1. The normalized spacial score (nSPS) is 13.1. The van der Waals surface area contributed by atoms with Gasteiger partial charge in [-0.25, -0.2) is 4.39 Å². The number of hydrogen-bond donors (Lipinski definition) is 1. The van der Waals surface area contributed by atoms with E-state index in [1.54, 1.807) is 12.1 Å². The van der Waals surface area contributed by atoms with Crippen molar-refractivity contribution in [3.63, 3.8) is 0 Å². The van der Waals surface area contributed by atoms with Gasteiger partial charge in [0.05, 0.1) is 24.3 Å². The molecule has 1 aliphatic heterocycles. The van der Waals surface area contributed by atoms with Crippen molar-refractivity contribution < 1.29 is 27.9 Å². The molecule has 6 aromatic rings. The molecule has 1 saturated heterocycles. The summed E-state index contributed by atoms with van der Waals surface area (Å²) in [5.41, 5.74) is 7.28. The first-order chi connectivity index (χ1) is 26.5. The van der Waals surface area contributed by atoms with Crippen LogP contribution in [0.5, 0.6) is 11.5 Å². The predicted molar refractivity (Wildman–Crippen MR) is 207 cm³/mol. The molecule has 0 spiro atoms. The average molecular weight is 726 g/mol. The highest BCUT2D eigenvalue weighted by molar-refractivity contribution is 6.02. The van der Waals surface area contributed by atoms with E-state index in [0.29, 0.717) is 61.0 Å². The van der Waals surface area contributed by atoms with Crippen LogP contribution >= 0.6 is 0 Å². The number of benzene rings is 5. The van der Waals surface area contributed by atoms with Gasteiger partial charge in [-0.05, 0) is 71.3 Å². The number of carbonyl (C=O) groups is 1. The van der Waals surface area contributed by atoms with E-state index in [1.165, 1.54) is 12.1 Å². The molecule has 0 unspecified atom stereocenters. The molecule has 0 bridgehead atoms. The van der Waals surface area contributed by atoms with Crippen molar-refractivity contribution in [2.45, 2.75) is 39.5 Å². The van der Waals surface area contributed by atoms with Gasteiger partial charge < -0.3 is 24.1 Å². The van der Waals surface area contributed by atoms with Crippen LogP contribution in [0.1, 0.15) is 45.2 Å². The van der Waals surface area contributed by atoms with Gasteiger partial charge in [0.15, 0.2) is 11.5 Å². The number of aromatic nitrogens is 1. The van der Waals surface area contributed by atoms with Gasteiger partial charge in [-0.3, -0.25) is 9.69 Å². The molecule has 54 heavy (non-hydrogen) atoms. The standard InChI is InChI=1S/C45H44FN3O5/c1-2-47-45(50)43-42(36-18-14-33(15-19-36)29-49-23-25-51-26-24-49)44(54-48-43)39-27-37(20-13-32-16-21-38(46)22-17-32)40(52-30-34-9-5-3-6-10-34)28-41(39)53-31-35-11-7-4-8-12-35/h3-12,14-19,21-22,27-28H,2,13,20,23-26,29-31H2,1H3,(H,47,50). The Bertz CT molecular complexity index is 2110. The lowest BCUT2D eigenvalue weighted by Gasteiger charge is -2.26. The third-order valence-corrected chi connectivity index (χ3v) is 9.47. The number of halogens is 1. The maximum Gasteiger partial charge on any atom is 0.274 e. The first-order valence-corrected chi connectivity index (χ1v) is 18.5. The maximum atomic E-state index is 13.8. The Kier molecular flexibility index (Phi) is 12.1. The summed E-state index contributed by atoms with van der Waals surface area (Å²) in [4.78, 5) is 15.9. The number of nitrogens with one attached hydrogen (secondary N) is 1. The molecule has 0 aliphatic carbocycles. The van der Waals surface area contributed by atoms with E-state index < -0.39 is 0 Å². The zero-order valence-electron chi connectivity index (χ0n) is 30.4. The van der Waals surface area contributed by atoms with Gasteiger partial charge in [-0.1, -0.05) is 102 Å². The lowest BCUT2D eigenvalue weighted by atomic mass is 9.94. The highest BCUT2D eigenvalue weighted by Gasteiger charge is 2.28. The number of rotatable bonds is 15. The Morgan fingerprint density at radius 1 is 0.759 bits per heavy atom. The quantitative estimate of drug-likeness (QED) is 0.113. The summed E-state index contributed by atoms with van der Waals surface area (Å²) in [6.07, 6.45) is 1.23. The Morgan fingerprint density at radius 3 is 2.04 bits per heavy atom. The molecule has 5 aromatic carbocycles. The van der Waals surface area contributed by atoms with E-state index >= 15 is 0 Å². The summed E-state index contributed by atoms with van der Waals surface area (Å²) in [7, 11) is 0. The molecule has 0 radical (unpaired) electrons. The summed E-state index contributed by atoms with van der Waals surface area (Å²) in [6.45, 7) is 7.00. The molecule has 2 heterocycles. The molecule has 1 amide bonds. The van der Waals surface area contributed by atoms with Crippen molar-refractivity contribution >= 4 is 5.91 Å². The zero-order chi connectivity index (χ0) is 37.1. The van der Waals surface area contributed by atoms with E-state index in [2.05, 4.69) is 27.5 Å². The number of amides is 1. The van der Waals surface area contributed by atoms with E-state index in [4.69, 9.17) is 18.7 Å². The van der Waals surface area contributed by atoms with Crippen LogP contribution in [0.3, 0.4) is 0 Å². The molecule has 0 saturated carbocycles. The third kappa shape index (κ3) is 9.23. The summed E-state index contributed by atoms with van der Waals surface area (Å²) >= 11 is 0. The molecule has 276 valence electrons. The first kappa shape index (κ1) is 36.6. The van der Waals surface area contributed by atoms with E-state index in [1.807, 2.05) is 91.9 Å². The van der Waals surface area contributed by atoms with Crippen molar-refractivity contribution in [1.82, 2.24) is 15.4 Å². The van der Waals surface area contributed by atoms with Crippen molar-refractivity contribution in [2.75, 3.05) is 32.8 Å². The number of hydrogen-bond acceptors (Lipinski definition) is 7. The summed E-state index contributed by atoms with van der Waals surface area (Å²) in [6, 6.07) is 38.6. The van der Waals surface area contributed by atoms with Crippen LogP contribution in [-0.2, 0) is 37.3 Å². The Balaban J connectivity index is 1.32. The minimum Gasteiger partial charge on any atom is -0.488 e. The van der Waals surface area contributed by atoms with Crippen LogP contribution in [0, 0.1) is 5.82 Å². The Morgan fingerprint density at radius 2 is 1.39 bits per heavy atom. The average Bonchev–Trinajstić information content (AvgIpc) is 3.66. The molecule has 7 rings (SSSR count). The number of nitrogens with zero attached hydrogens (tertiary/aromatic N) is 2.